The lowest BCUT2D eigenvalue weighted by Gasteiger charge is -2.38. The van der Waals surface area contributed by atoms with E-state index in [-0.39, 0.29) is 29.3 Å². The second-order valence-electron chi connectivity index (χ2n) is 8.21. The third kappa shape index (κ3) is 4.47. The summed E-state index contributed by atoms with van der Waals surface area (Å²) in [7, 11) is -3.74. The fourth-order valence-electron chi connectivity index (χ4n) is 3.37. The van der Waals surface area contributed by atoms with Gasteiger partial charge in [-0.25, -0.2) is 17.8 Å². The van der Waals surface area contributed by atoms with Gasteiger partial charge in [-0.2, -0.15) is 8.78 Å². The minimum atomic E-state index is -3.74. The Morgan fingerprint density at radius 2 is 1.91 bits per heavy atom. The number of nitrogens with two attached hydrogens (primary N) is 1. The number of ketones is 1. The van der Waals surface area contributed by atoms with Crippen molar-refractivity contribution >= 4 is 21.5 Å². The molecular weight excluding hydrogens is 447 g/mol. The standard InChI is InChI=1S/C21H22F3N3O4S/c1-20(2)18(25)27-21(3,11-32(20,29)30)14-8-12(4-6-15(14)22)9-17(28)16-7-5-13(10-26-16)31-19(23)24/h4-8,10,19H,9,11H2,1-3H3,(H2,25,27)/t21-/m0/s1. The Labute approximate surface area is 183 Å². The van der Waals surface area contributed by atoms with Gasteiger partial charge >= 0.3 is 6.61 Å². The number of Topliss-reactive ketones (excluding diaryl/α,β-unsaturated/α-hetero) is 1. The van der Waals surface area contributed by atoms with Crippen LogP contribution >= 0.6 is 0 Å². The summed E-state index contributed by atoms with van der Waals surface area (Å²) in [6.07, 6.45) is 0.825. The third-order valence-electron chi connectivity index (χ3n) is 5.46. The SMILES string of the molecule is CC1(C)C(N)=N[C@](C)(c2cc(CC(=O)c3ccc(OC(F)F)cn3)ccc2F)CS1(=O)=O. The molecule has 7 nitrogen and oxygen atoms in total. The van der Waals surface area contributed by atoms with Crippen LogP contribution in [-0.4, -0.2) is 42.1 Å². The molecule has 0 spiro atoms. The molecule has 1 atom stereocenters. The molecule has 3 rings (SSSR count). The zero-order chi connectivity index (χ0) is 23.9. The molecule has 0 fully saturated rings. The van der Waals surface area contributed by atoms with E-state index < -0.39 is 44.1 Å². The van der Waals surface area contributed by atoms with Crippen molar-refractivity contribution in [1.29, 1.82) is 0 Å². The Kier molecular flexibility index (Phi) is 6.07. The number of aliphatic imine (C=N–C) groups is 1. The third-order valence-corrected chi connectivity index (χ3v) is 8.16. The van der Waals surface area contributed by atoms with Crippen LogP contribution in [0.15, 0.2) is 41.5 Å². The lowest BCUT2D eigenvalue weighted by atomic mass is 9.90. The first-order chi connectivity index (χ1) is 14.7. The summed E-state index contributed by atoms with van der Waals surface area (Å²) in [5.74, 6) is -1.89. The van der Waals surface area contributed by atoms with Crippen molar-refractivity contribution in [2.24, 2.45) is 10.7 Å². The predicted molar refractivity (Wildman–Crippen MR) is 112 cm³/mol. The first-order valence-electron chi connectivity index (χ1n) is 9.56. The lowest BCUT2D eigenvalue weighted by Crippen LogP contribution is -2.55. The van der Waals surface area contributed by atoms with Crippen molar-refractivity contribution in [3.05, 3.63) is 59.2 Å². The quantitative estimate of drug-likeness (QED) is 0.651. The molecule has 32 heavy (non-hydrogen) atoms. The number of carbonyl (C=O) groups is 1. The zero-order valence-electron chi connectivity index (χ0n) is 17.6. The lowest BCUT2D eigenvalue weighted by molar-refractivity contribution is -0.0500. The van der Waals surface area contributed by atoms with Crippen LogP contribution < -0.4 is 10.5 Å². The average molecular weight is 469 g/mol. The maximum atomic E-state index is 14.7. The van der Waals surface area contributed by atoms with E-state index in [0.29, 0.717) is 5.56 Å². The van der Waals surface area contributed by atoms with Gasteiger partial charge in [0.1, 0.15) is 33.4 Å². The van der Waals surface area contributed by atoms with Gasteiger partial charge in [0.2, 0.25) is 0 Å². The molecule has 0 saturated heterocycles. The van der Waals surface area contributed by atoms with E-state index in [0.717, 1.165) is 12.3 Å². The Balaban J connectivity index is 1.89. The van der Waals surface area contributed by atoms with Crippen molar-refractivity contribution in [3.8, 4) is 5.75 Å². The zero-order valence-corrected chi connectivity index (χ0v) is 18.4. The topological polar surface area (TPSA) is 112 Å². The molecule has 172 valence electrons. The van der Waals surface area contributed by atoms with Gasteiger partial charge in [0.05, 0.1) is 11.9 Å². The fourth-order valence-corrected chi connectivity index (χ4v) is 5.05. The summed E-state index contributed by atoms with van der Waals surface area (Å²) >= 11 is 0. The van der Waals surface area contributed by atoms with E-state index in [1.54, 1.807) is 0 Å². The molecule has 2 N–H and O–H groups in total. The van der Waals surface area contributed by atoms with Crippen LogP contribution in [-0.2, 0) is 21.8 Å². The molecule has 1 aliphatic heterocycles. The number of pyridine rings is 1. The van der Waals surface area contributed by atoms with Crippen LogP contribution in [0.3, 0.4) is 0 Å². The van der Waals surface area contributed by atoms with Crippen LogP contribution in [0.1, 0.15) is 42.4 Å². The summed E-state index contributed by atoms with van der Waals surface area (Å²) in [5.41, 5.74) is 4.86. The first-order valence-corrected chi connectivity index (χ1v) is 11.2. The summed E-state index contributed by atoms with van der Waals surface area (Å²) in [6.45, 7) is 1.34. The van der Waals surface area contributed by atoms with Gasteiger partial charge in [-0.15, -0.1) is 0 Å². The van der Waals surface area contributed by atoms with Gasteiger partial charge in [-0.1, -0.05) is 6.07 Å². The van der Waals surface area contributed by atoms with E-state index in [1.165, 1.54) is 45.0 Å². The molecule has 0 unspecified atom stereocenters. The summed E-state index contributed by atoms with van der Waals surface area (Å²) in [6, 6.07) is 6.34. The molecule has 1 aliphatic rings. The van der Waals surface area contributed by atoms with Crippen molar-refractivity contribution in [2.45, 2.75) is 44.1 Å². The first kappa shape index (κ1) is 23.7. The van der Waals surface area contributed by atoms with Crippen molar-refractivity contribution in [2.75, 3.05) is 5.75 Å². The molecule has 2 aromatic rings. The molecule has 2 heterocycles. The highest BCUT2D eigenvalue weighted by Gasteiger charge is 2.49. The number of sulfone groups is 1. The number of hydrogen-bond donors (Lipinski definition) is 1. The maximum Gasteiger partial charge on any atom is 0.387 e. The minimum absolute atomic E-state index is 0.00142. The van der Waals surface area contributed by atoms with E-state index in [4.69, 9.17) is 5.73 Å². The maximum absolute atomic E-state index is 14.7. The molecule has 11 heteroatoms. The Bertz CT molecular complexity index is 1180. The number of amidine groups is 1. The number of carbonyl (C=O) groups excluding carboxylic acids is 1. The fraction of sp³-hybridized carbons (Fsp3) is 0.381. The van der Waals surface area contributed by atoms with Crippen LogP contribution in [0.25, 0.3) is 0 Å². The smallest absolute Gasteiger partial charge is 0.387 e. The van der Waals surface area contributed by atoms with Crippen molar-refractivity contribution in [1.82, 2.24) is 4.98 Å². The predicted octanol–water partition coefficient (Wildman–Crippen LogP) is 3.03. The number of hydrogen-bond acceptors (Lipinski definition) is 7. The van der Waals surface area contributed by atoms with E-state index in [1.807, 2.05) is 0 Å². The highest BCUT2D eigenvalue weighted by atomic mass is 32.2. The molecule has 0 radical (unpaired) electrons. The average Bonchev–Trinajstić information content (AvgIpc) is 2.67. The molecule has 0 bridgehead atoms. The molecule has 1 aromatic heterocycles. The minimum Gasteiger partial charge on any atom is -0.433 e. The number of nitrogens with zero attached hydrogens (tertiary/aromatic N) is 2. The number of benzene rings is 1. The van der Waals surface area contributed by atoms with E-state index >= 15 is 0 Å². The van der Waals surface area contributed by atoms with Crippen LogP contribution in [0.2, 0.25) is 0 Å². The second-order valence-corrected chi connectivity index (χ2v) is 10.8. The van der Waals surface area contributed by atoms with E-state index in [9.17, 15) is 26.4 Å². The number of aromatic nitrogens is 1. The number of ether oxygens (including phenoxy) is 1. The molecule has 0 saturated carbocycles. The summed E-state index contributed by atoms with van der Waals surface area (Å²) in [4.78, 5) is 20.7. The molecule has 0 amide bonds. The normalized spacial score (nSPS) is 21.8. The van der Waals surface area contributed by atoms with E-state index in [2.05, 4.69) is 14.7 Å². The monoisotopic (exact) mass is 469 g/mol. The van der Waals surface area contributed by atoms with Crippen LogP contribution in [0, 0.1) is 5.82 Å². The highest BCUT2D eigenvalue weighted by molar-refractivity contribution is 7.93. The summed E-state index contributed by atoms with van der Waals surface area (Å²) < 4.78 is 67.5. The highest BCUT2D eigenvalue weighted by Crippen LogP contribution is 2.38. The Morgan fingerprint density at radius 1 is 1.22 bits per heavy atom. The number of rotatable bonds is 6. The van der Waals surface area contributed by atoms with Gasteiger partial charge in [0, 0.05) is 12.0 Å². The van der Waals surface area contributed by atoms with Crippen molar-refractivity contribution in [3.63, 3.8) is 0 Å². The summed E-state index contributed by atoms with van der Waals surface area (Å²) in [5, 5.41) is 0. The van der Waals surface area contributed by atoms with Gasteiger partial charge in [0.25, 0.3) is 0 Å². The van der Waals surface area contributed by atoms with Gasteiger partial charge in [-0.05, 0) is 50.6 Å². The second kappa shape index (κ2) is 8.19. The van der Waals surface area contributed by atoms with Crippen LogP contribution in [0.5, 0.6) is 5.75 Å². The van der Waals surface area contributed by atoms with Crippen molar-refractivity contribution < 1.29 is 31.1 Å². The van der Waals surface area contributed by atoms with Gasteiger partial charge < -0.3 is 10.5 Å². The van der Waals surface area contributed by atoms with Crippen LogP contribution in [0.4, 0.5) is 13.2 Å². The Morgan fingerprint density at radius 3 is 2.47 bits per heavy atom. The largest absolute Gasteiger partial charge is 0.433 e. The molecule has 0 aliphatic carbocycles. The van der Waals surface area contributed by atoms with Gasteiger partial charge in [-0.3, -0.25) is 9.79 Å². The number of alkyl halides is 2. The molecular formula is C21H22F3N3O4S. The van der Waals surface area contributed by atoms with Gasteiger partial charge in [0.15, 0.2) is 15.6 Å². The molecule has 1 aromatic carbocycles. The number of halogens is 3. The Hall–Kier alpha value is -2.95.